The molecule has 0 amide bonds. The van der Waals surface area contributed by atoms with Crippen LogP contribution in [-0.4, -0.2) is 9.97 Å². The molecule has 1 aromatic heterocycles. The Bertz CT molecular complexity index is 366. The number of aryl methyl sites for hydroxylation is 1. The standard InChI is InChI=1S/C12H16Cl2N2/c13-11-9-7-5-3-1-2-4-6-8-10(9)15-12(14)16-11/h1-8H2. The third-order valence-corrected chi connectivity index (χ3v) is 3.59. The fraction of sp³-hybridized carbons (Fsp3) is 0.667. The number of hydrogen-bond acceptors (Lipinski definition) is 2. The largest absolute Gasteiger partial charge is 0.224 e. The van der Waals surface area contributed by atoms with Gasteiger partial charge in [-0.05, 0) is 37.3 Å². The van der Waals surface area contributed by atoms with E-state index in [2.05, 4.69) is 9.97 Å². The number of hydrogen-bond donors (Lipinski definition) is 0. The van der Waals surface area contributed by atoms with Crippen molar-refractivity contribution in [2.24, 2.45) is 0 Å². The second-order valence-electron chi connectivity index (χ2n) is 4.33. The van der Waals surface area contributed by atoms with Crippen molar-refractivity contribution in [1.29, 1.82) is 0 Å². The second kappa shape index (κ2) is 5.83. The molecule has 16 heavy (non-hydrogen) atoms. The van der Waals surface area contributed by atoms with Crippen LogP contribution in [0.15, 0.2) is 0 Å². The molecule has 2 nitrogen and oxygen atoms in total. The van der Waals surface area contributed by atoms with Gasteiger partial charge < -0.3 is 0 Å². The first-order valence-corrected chi connectivity index (χ1v) is 6.74. The summed E-state index contributed by atoms with van der Waals surface area (Å²) in [7, 11) is 0. The van der Waals surface area contributed by atoms with Crippen LogP contribution in [0.4, 0.5) is 0 Å². The van der Waals surface area contributed by atoms with Gasteiger partial charge in [0.15, 0.2) is 0 Å². The van der Waals surface area contributed by atoms with Gasteiger partial charge in [-0.1, -0.05) is 37.3 Å². The Morgan fingerprint density at radius 1 is 0.750 bits per heavy atom. The van der Waals surface area contributed by atoms with Crippen LogP contribution in [0.1, 0.15) is 49.8 Å². The molecule has 1 aliphatic rings. The van der Waals surface area contributed by atoms with Gasteiger partial charge in [-0.3, -0.25) is 0 Å². The van der Waals surface area contributed by atoms with Crippen molar-refractivity contribution in [1.82, 2.24) is 9.97 Å². The topological polar surface area (TPSA) is 25.8 Å². The van der Waals surface area contributed by atoms with E-state index in [1.165, 1.54) is 38.5 Å². The summed E-state index contributed by atoms with van der Waals surface area (Å²) < 4.78 is 0. The first-order chi connectivity index (χ1) is 7.77. The zero-order valence-corrected chi connectivity index (χ0v) is 10.8. The first kappa shape index (κ1) is 12.1. The Morgan fingerprint density at radius 3 is 2.12 bits per heavy atom. The summed E-state index contributed by atoms with van der Waals surface area (Å²) in [5.74, 6) is 0. The molecule has 2 rings (SSSR count). The maximum Gasteiger partial charge on any atom is 0.224 e. The molecular weight excluding hydrogens is 243 g/mol. The summed E-state index contributed by atoms with van der Waals surface area (Å²) in [6.07, 6.45) is 9.55. The summed E-state index contributed by atoms with van der Waals surface area (Å²) in [5.41, 5.74) is 2.18. The van der Waals surface area contributed by atoms with Crippen LogP contribution in [0.5, 0.6) is 0 Å². The Hall–Kier alpha value is -0.340. The minimum Gasteiger partial charge on any atom is -0.223 e. The molecule has 0 atom stereocenters. The smallest absolute Gasteiger partial charge is 0.223 e. The number of fused-ring (bicyclic) bond motifs is 1. The highest BCUT2D eigenvalue weighted by Crippen LogP contribution is 2.24. The molecule has 0 N–H and O–H groups in total. The van der Waals surface area contributed by atoms with E-state index in [4.69, 9.17) is 23.2 Å². The van der Waals surface area contributed by atoms with E-state index in [0.29, 0.717) is 5.15 Å². The van der Waals surface area contributed by atoms with Crippen LogP contribution in [-0.2, 0) is 12.8 Å². The van der Waals surface area contributed by atoms with Crippen molar-refractivity contribution in [3.63, 3.8) is 0 Å². The van der Waals surface area contributed by atoms with Gasteiger partial charge in [0.1, 0.15) is 5.15 Å². The predicted molar refractivity (Wildman–Crippen MR) is 67.2 cm³/mol. The highest BCUT2D eigenvalue weighted by molar-refractivity contribution is 6.32. The minimum absolute atomic E-state index is 0.279. The van der Waals surface area contributed by atoms with Crippen LogP contribution in [0, 0.1) is 0 Å². The first-order valence-electron chi connectivity index (χ1n) is 5.98. The highest BCUT2D eigenvalue weighted by atomic mass is 35.5. The van der Waals surface area contributed by atoms with Crippen LogP contribution in [0.3, 0.4) is 0 Å². The summed E-state index contributed by atoms with van der Waals surface area (Å²) >= 11 is 12.0. The van der Waals surface area contributed by atoms with Gasteiger partial charge in [0.25, 0.3) is 0 Å². The van der Waals surface area contributed by atoms with Crippen LogP contribution >= 0.6 is 23.2 Å². The number of nitrogens with zero attached hydrogens (tertiary/aromatic N) is 2. The quantitative estimate of drug-likeness (QED) is 0.515. The van der Waals surface area contributed by atoms with Crippen LogP contribution < -0.4 is 0 Å². The van der Waals surface area contributed by atoms with Crippen molar-refractivity contribution < 1.29 is 0 Å². The van der Waals surface area contributed by atoms with Gasteiger partial charge in [0.2, 0.25) is 5.28 Å². The molecule has 1 aromatic rings. The lowest BCUT2D eigenvalue weighted by Crippen LogP contribution is -2.04. The molecule has 0 fully saturated rings. The molecule has 0 aromatic carbocycles. The molecule has 0 saturated heterocycles. The maximum atomic E-state index is 6.13. The molecule has 0 unspecified atom stereocenters. The molecule has 0 spiro atoms. The van der Waals surface area contributed by atoms with E-state index in [1.807, 2.05) is 0 Å². The second-order valence-corrected chi connectivity index (χ2v) is 5.03. The average Bonchev–Trinajstić information content (AvgIpc) is 2.25. The predicted octanol–water partition coefficient (Wildman–Crippen LogP) is 4.22. The molecule has 0 radical (unpaired) electrons. The average molecular weight is 259 g/mol. The molecular formula is C12H16Cl2N2. The van der Waals surface area contributed by atoms with Gasteiger partial charge in [-0.2, -0.15) is 0 Å². The molecule has 0 bridgehead atoms. The Balaban J connectivity index is 2.26. The normalized spacial score (nSPS) is 17.9. The van der Waals surface area contributed by atoms with Gasteiger partial charge in [0.05, 0.1) is 5.69 Å². The molecule has 88 valence electrons. The number of aromatic nitrogens is 2. The molecule has 1 aliphatic carbocycles. The number of rotatable bonds is 0. The van der Waals surface area contributed by atoms with Gasteiger partial charge in [0, 0.05) is 5.56 Å². The van der Waals surface area contributed by atoms with E-state index in [1.54, 1.807) is 0 Å². The van der Waals surface area contributed by atoms with Crippen molar-refractivity contribution >= 4 is 23.2 Å². The van der Waals surface area contributed by atoms with Crippen LogP contribution in [0.2, 0.25) is 10.4 Å². The Kier molecular flexibility index (Phi) is 4.42. The lowest BCUT2D eigenvalue weighted by Gasteiger charge is -2.12. The third kappa shape index (κ3) is 3.08. The van der Waals surface area contributed by atoms with E-state index in [0.717, 1.165) is 24.1 Å². The number of halogens is 2. The molecule has 4 heteroatoms. The summed E-state index contributed by atoms with van der Waals surface area (Å²) in [6.45, 7) is 0. The third-order valence-electron chi connectivity index (χ3n) is 3.11. The minimum atomic E-state index is 0.279. The monoisotopic (exact) mass is 258 g/mol. The fourth-order valence-corrected chi connectivity index (χ4v) is 2.74. The molecule has 0 saturated carbocycles. The van der Waals surface area contributed by atoms with E-state index < -0.39 is 0 Å². The van der Waals surface area contributed by atoms with E-state index >= 15 is 0 Å². The Labute approximate surface area is 106 Å². The van der Waals surface area contributed by atoms with Crippen molar-refractivity contribution in [2.45, 2.75) is 51.4 Å². The fourth-order valence-electron chi connectivity index (χ4n) is 2.23. The molecule has 0 aliphatic heterocycles. The summed E-state index contributed by atoms with van der Waals surface area (Å²) in [4.78, 5) is 8.35. The van der Waals surface area contributed by atoms with Crippen molar-refractivity contribution in [3.8, 4) is 0 Å². The van der Waals surface area contributed by atoms with E-state index in [9.17, 15) is 0 Å². The highest BCUT2D eigenvalue weighted by Gasteiger charge is 2.12. The maximum absolute atomic E-state index is 6.13. The van der Waals surface area contributed by atoms with Gasteiger partial charge in [-0.15, -0.1) is 0 Å². The Morgan fingerprint density at radius 2 is 1.38 bits per heavy atom. The van der Waals surface area contributed by atoms with Crippen LogP contribution in [0.25, 0.3) is 0 Å². The van der Waals surface area contributed by atoms with Gasteiger partial charge in [-0.25, -0.2) is 9.97 Å². The lowest BCUT2D eigenvalue weighted by molar-refractivity contribution is 0.575. The van der Waals surface area contributed by atoms with Gasteiger partial charge >= 0.3 is 0 Å². The molecule has 1 heterocycles. The van der Waals surface area contributed by atoms with Crippen molar-refractivity contribution in [2.75, 3.05) is 0 Å². The zero-order valence-electron chi connectivity index (χ0n) is 9.31. The van der Waals surface area contributed by atoms with E-state index in [-0.39, 0.29) is 5.28 Å². The SMILES string of the molecule is Clc1nc(Cl)c2c(n1)CCCCCCCC2. The summed E-state index contributed by atoms with van der Waals surface area (Å²) in [6, 6.07) is 0. The summed E-state index contributed by atoms with van der Waals surface area (Å²) in [5, 5.41) is 0.830. The lowest BCUT2D eigenvalue weighted by atomic mass is 9.99. The van der Waals surface area contributed by atoms with Crippen molar-refractivity contribution in [3.05, 3.63) is 21.7 Å². The zero-order chi connectivity index (χ0) is 11.4.